The molecular formula is C14H13N3O2S. The number of imidazole rings is 1. The highest BCUT2D eigenvalue weighted by atomic mass is 32.2. The lowest BCUT2D eigenvalue weighted by Crippen LogP contribution is -1.97. The van der Waals surface area contributed by atoms with Gasteiger partial charge in [-0.15, -0.1) is 0 Å². The molecule has 5 nitrogen and oxygen atoms in total. The zero-order chi connectivity index (χ0) is 14.3. The Labute approximate surface area is 116 Å². The van der Waals surface area contributed by atoms with E-state index in [4.69, 9.17) is 5.73 Å². The Bertz CT molecular complexity index is 880. The first-order valence-electron chi connectivity index (χ1n) is 6.00. The summed E-state index contributed by atoms with van der Waals surface area (Å²) < 4.78 is 24.7. The van der Waals surface area contributed by atoms with Gasteiger partial charge in [-0.25, -0.2) is 13.4 Å². The van der Waals surface area contributed by atoms with Crippen LogP contribution in [0.5, 0.6) is 0 Å². The fourth-order valence-corrected chi connectivity index (χ4v) is 2.72. The maximum absolute atomic E-state index is 11.4. The molecule has 0 bridgehead atoms. The van der Waals surface area contributed by atoms with E-state index in [1.807, 2.05) is 24.4 Å². The molecular weight excluding hydrogens is 274 g/mol. The van der Waals surface area contributed by atoms with Crippen LogP contribution in [0.3, 0.4) is 0 Å². The van der Waals surface area contributed by atoms with Gasteiger partial charge in [0.15, 0.2) is 9.84 Å². The molecule has 0 saturated heterocycles. The predicted molar refractivity (Wildman–Crippen MR) is 78.2 cm³/mol. The topological polar surface area (TPSA) is 77.5 Å². The minimum absolute atomic E-state index is 0.281. The molecule has 6 heteroatoms. The number of anilines is 1. The SMILES string of the molecule is CS(=O)(=O)c1ccc(-c2nc3ccccn3c2N)cc1. The molecule has 0 spiro atoms. The normalized spacial score (nSPS) is 11.8. The summed E-state index contributed by atoms with van der Waals surface area (Å²) >= 11 is 0. The summed E-state index contributed by atoms with van der Waals surface area (Å²) in [5.74, 6) is 0.535. The van der Waals surface area contributed by atoms with E-state index in [1.165, 1.54) is 6.26 Å². The number of nitrogen functional groups attached to an aromatic ring is 1. The number of aromatic nitrogens is 2. The molecule has 0 aliphatic heterocycles. The maximum Gasteiger partial charge on any atom is 0.175 e. The molecule has 0 aliphatic carbocycles. The van der Waals surface area contributed by atoms with Crippen molar-refractivity contribution in [3.05, 3.63) is 48.7 Å². The molecule has 0 unspecified atom stereocenters. The molecule has 2 N–H and O–H groups in total. The van der Waals surface area contributed by atoms with Crippen LogP contribution in [0.4, 0.5) is 5.82 Å². The third kappa shape index (κ3) is 2.04. The lowest BCUT2D eigenvalue weighted by atomic mass is 10.1. The molecule has 2 heterocycles. The van der Waals surface area contributed by atoms with Crippen molar-refractivity contribution in [3.8, 4) is 11.3 Å². The third-order valence-corrected chi connectivity index (χ3v) is 4.25. The summed E-state index contributed by atoms with van der Waals surface area (Å²) in [6, 6.07) is 12.2. The van der Waals surface area contributed by atoms with Crippen LogP contribution in [0, 0.1) is 0 Å². The van der Waals surface area contributed by atoms with Gasteiger partial charge in [0, 0.05) is 18.0 Å². The highest BCUT2D eigenvalue weighted by Crippen LogP contribution is 2.27. The van der Waals surface area contributed by atoms with Crippen LogP contribution < -0.4 is 5.73 Å². The van der Waals surface area contributed by atoms with Crippen LogP contribution in [0.2, 0.25) is 0 Å². The summed E-state index contributed by atoms with van der Waals surface area (Å²) in [6.45, 7) is 0. The highest BCUT2D eigenvalue weighted by Gasteiger charge is 2.12. The molecule has 2 aromatic heterocycles. The van der Waals surface area contributed by atoms with Crippen molar-refractivity contribution in [1.29, 1.82) is 0 Å². The van der Waals surface area contributed by atoms with Gasteiger partial charge in [-0.2, -0.15) is 0 Å². The molecule has 0 aliphatic rings. The van der Waals surface area contributed by atoms with Crippen molar-refractivity contribution in [2.75, 3.05) is 12.0 Å². The molecule has 0 fully saturated rings. The molecule has 1 aromatic carbocycles. The predicted octanol–water partition coefficient (Wildman–Crippen LogP) is 1.99. The van der Waals surface area contributed by atoms with Crippen molar-refractivity contribution in [3.63, 3.8) is 0 Å². The number of fused-ring (bicyclic) bond motifs is 1. The fourth-order valence-electron chi connectivity index (χ4n) is 2.09. The van der Waals surface area contributed by atoms with E-state index in [0.717, 1.165) is 11.2 Å². The first-order chi connectivity index (χ1) is 9.47. The Balaban J connectivity index is 2.14. The second kappa shape index (κ2) is 4.35. The van der Waals surface area contributed by atoms with E-state index >= 15 is 0 Å². The van der Waals surface area contributed by atoms with Crippen molar-refractivity contribution in [1.82, 2.24) is 9.38 Å². The second-order valence-electron chi connectivity index (χ2n) is 4.57. The van der Waals surface area contributed by atoms with Crippen molar-refractivity contribution < 1.29 is 8.42 Å². The van der Waals surface area contributed by atoms with Gasteiger partial charge in [0.1, 0.15) is 17.2 Å². The number of nitrogens with zero attached hydrogens (tertiary/aromatic N) is 2. The molecule has 0 atom stereocenters. The molecule has 102 valence electrons. The first-order valence-corrected chi connectivity index (χ1v) is 7.89. The lowest BCUT2D eigenvalue weighted by Gasteiger charge is -2.01. The average Bonchev–Trinajstić information content (AvgIpc) is 2.76. The van der Waals surface area contributed by atoms with Crippen LogP contribution in [0.25, 0.3) is 16.9 Å². The number of sulfone groups is 1. The van der Waals surface area contributed by atoms with E-state index < -0.39 is 9.84 Å². The van der Waals surface area contributed by atoms with Crippen molar-refractivity contribution in [2.24, 2.45) is 0 Å². The number of nitrogens with two attached hydrogens (primary N) is 1. The molecule has 0 radical (unpaired) electrons. The van der Waals surface area contributed by atoms with Crippen LogP contribution in [0.15, 0.2) is 53.6 Å². The zero-order valence-electron chi connectivity index (χ0n) is 10.8. The summed E-state index contributed by atoms with van der Waals surface area (Å²) in [4.78, 5) is 4.74. The first kappa shape index (κ1) is 12.7. The van der Waals surface area contributed by atoms with Gasteiger partial charge in [0.25, 0.3) is 0 Å². The van der Waals surface area contributed by atoms with Gasteiger partial charge in [-0.1, -0.05) is 18.2 Å². The number of pyridine rings is 1. The summed E-state index contributed by atoms with van der Waals surface area (Å²) in [5.41, 5.74) is 8.27. The molecule has 20 heavy (non-hydrogen) atoms. The largest absolute Gasteiger partial charge is 0.383 e. The molecule has 0 saturated carbocycles. The quantitative estimate of drug-likeness (QED) is 0.782. The highest BCUT2D eigenvalue weighted by molar-refractivity contribution is 7.90. The Morgan fingerprint density at radius 2 is 1.80 bits per heavy atom. The van der Waals surface area contributed by atoms with Crippen LogP contribution in [0.1, 0.15) is 0 Å². The van der Waals surface area contributed by atoms with Gasteiger partial charge >= 0.3 is 0 Å². The number of rotatable bonds is 2. The Morgan fingerprint density at radius 1 is 1.10 bits per heavy atom. The van der Waals surface area contributed by atoms with Crippen molar-refractivity contribution >= 4 is 21.3 Å². The summed E-state index contributed by atoms with van der Waals surface area (Å²) in [6.07, 6.45) is 3.02. The van der Waals surface area contributed by atoms with Gasteiger partial charge in [0.2, 0.25) is 0 Å². The lowest BCUT2D eigenvalue weighted by molar-refractivity contribution is 0.602. The van der Waals surface area contributed by atoms with Crippen LogP contribution in [-0.4, -0.2) is 24.1 Å². The van der Waals surface area contributed by atoms with E-state index in [2.05, 4.69) is 4.98 Å². The Hall–Kier alpha value is -2.34. The number of hydrogen-bond donors (Lipinski definition) is 1. The van der Waals surface area contributed by atoms with Gasteiger partial charge in [0.05, 0.1) is 4.90 Å². The fraction of sp³-hybridized carbons (Fsp3) is 0.0714. The second-order valence-corrected chi connectivity index (χ2v) is 6.59. The zero-order valence-corrected chi connectivity index (χ0v) is 11.6. The van der Waals surface area contributed by atoms with E-state index in [0.29, 0.717) is 11.5 Å². The Morgan fingerprint density at radius 3 is 2.40 bits per heavy atom. The average molecular weight is 287 g/mol. The van der Waals surface area contributed by atoms with Gasteiger partial charge in [-0.05, 0) is 24.3 Å². The van der Waals surface area contributed by atoms with Crippen molar-refractivity contribution in [2.45, 2.75) is 4.90 Å². The smallest absolute Gasteiger partial charge is 0.175 e. The summed E-state index contributed by atoms with van der Waals surface area (Å²) in [5, 5.41) is 0. The van der Waals surface area contributed by atoms with E-state index in [-0.39, 0.29) is 4.90 Å². The number of hydrogen-bond acceptors (Lipinski definition) is 4. The summed E-state index contributed by atoms with van der Waals surface area (Å²) in [7, 11) is -3.19. The maximum atomic E-state index is 11.4. The molecule has 3 rings (SSSR count). The van der Waals surface area contributed by atoms with Crippen LogP contribution >= 0.6 is 0 Å². The minimum atomic E-state index is -3.19. The standard InChI is InChI=1S/C14H13N3O2S/c1-20(18,19)11-7-5-10(6-8-11)13-14(15)17-9-3-2-4-12(17)16-13/h2-9H,15H2,1H3. The van der Waals surface area contributed by atoms with E-state index in [1.54, 1.807) is 28.7 Å². The molecule has 0 amide bonds. The monoisotopic (exact) mass is 287 g/mol. The van der Waals surface area contributed by atoms with Gasteiger partial charge < -0.3 is 5.73 Å². The molecule has 3 aromatic rings. The minimum Gasteiger partial charge on any atom is -0.383 e. The third-order valence-electron chi connectivity index (χ3n) is 3.12. The Kier molecular flexibility index (Phi) is 2.76. The van der Waals surface area contributed by atoms with Gasteiger partial charge in [-0.3, -0.25) is 4.40 Å². The van der Waals surface area contributed by atoms with Crippen LogP contribution in [-0.2, 0) is 9.84 Å². The van der Waals surface area contributed by atoms with E-state index in [9.17, 15) is 8.42 Å². The number of benzene rings is 1.